The molecule has 0 aromatic rings. The summed E-state index contributed by atoms with van der Waals surface area (Å²) in [5.74, 6) is -0.387. The van der Waals surface area contributed by atoms with E-state index in [1.807, 2.05) is 0 Å². The Bertz CT molecular complexity index is 253. The van der Waals surface area contributed by atoms with E-state index in [2.05, 4.69) is 6.58 Å². The molecule has 0 aliphatic rings. The van der Waals surface area contributed by atoms with Gasteiger partial charge in [-0.1, -0.05) is 6.58 Å². The molecule has 5 heteroatoms. The van der Waals surface area contributed by atoms with Gasteiger partial charge in [-0.3, -0.25) is 9.35 Å². The fourth-order valence-electron chi connectivity index (χ4n) is 0.686. The Morgan fingerprint density at radius 1 is 1.42 bits per heavy atom. The van der Waals surface area contributed by atoms with Crippen LogP contribution in [0.25, 0.3) is 0 Å². The van der Waals surface area contributed by atoms with Crippen molar-refractivity contribution in [3.63, 3.8) is 0 Å². The summed E-state index contributed by atoms with van der Waals surface area (Å²) in [6.45, 7) is 3.27. The predicted octanol–water partition coefficient (Wildman–Crippen LogP) is 0.800. The van der Waals surface area contributed by atoms with E-state index in [1.165, 1.54) is 6.08 Å². The summed E-state index contributed by atoms with van der Waals surface area (Å²) in [7, 11) is -3.87. The number of ketones is 1. The van der Waals surface area contributed by atoms with Gasteiger partial charge < -0.3 is 0 Å². The van der Waals surface area contributed by atoms with Crippen LogP contribution in [0.3, 0.4) is 0 Å². The largest absolute Gasteiger partial charge is 0.295 e. The van der Waals surface area contributed by atoms with E-state index in [-0.39, 0.29) is 11.5 Å². The molecular weight excluding hydrogens is 180 g/mol. The lowest BCUT2D eigenvalue weighted by Crippen LogP contribution is -2.04. The van der Waals surface area contributed by atoms with E-state index in [9.17, 15) is 13.2 Å². The van der Waals surface area contributed by atoms with Crippen LogP contribution >= 0.6 is 0 Å². The molecule has 0 radical (unpaired) electrons. The summed E-state index contributed by atoms with van der Waals surface area (Å²) >= 11 is 0. The van der Waals surface area contributed by atoms with Crippen LogP contribution in [0, 0.1) is 0 Å². The van der Waals surface area contributed by atoms with Crippen molar-refractivity contribution in [1.29, 1.82) is 0 Å². The average Bonchev–Trinajstić information content (AvgIpc) is 1.96. The van der Waals surface area contributed by atoms with Gasteiger partial charge in [0.25, 0.3) is 10.1 Å². The summed E-state index contributed by atoms with van der Waals surface area (Å²) in [6, 6.07) is 0. The molecule has 1 N–H and O–H groups in total. The van der Waals surface area contributed by atoms with Gasteiger partial charge in [-0.05, 0) is 18.9 Å². The zero-order valence-corrected chi connectivity index (χ0v) is 7.51. The minimum absolute atomic E-state index is 0.106. The van der Waals surface area contributed by atoms with Gasteiger partial charge in [0.15, 0.2) is 5.78 Å². The SMILES string of the molecule is C=CC(=O)CCCCS(=O)(=O)O. The minimum Gasteiger partial charge on any atom is -0.295 e. The van der Waals surface area contributed by atoms with E-state index in [1.54, 1.807) is 0 Å². The highest BCUT2D eigenvalue weighted by Crippen LogP contribution is 1.99. The third-order valence-corrected chi connectivity index (χ3v) is 2.11. The number of allylic oxidation sites excluding steroid dienone is 1. The van der Waals surface area contributed by atoms with E-state index in [0.717, 1.165) is 0 Å². The molecule has 0 saturated carbocycles. The molecule has 0 spiro atoms. The third-order valence-electron chi connectivity index (χ3n) is 1.30. The maximum Gasteiger partial charge on any atom is 0.264 e. The van der Waals surface area contributed by atoms with Gasteiger partial charge in [-0.2, -0.15) is 8.42 Å². The molecule has 0 aliphatic carbocycles. The molecule has 0 rings (SSSR count). The van der Waals surface area contributed by atoms with Gasteiger partial charge in [-0.15, -0.1) is 0 Å². The van der Waals surface area contributed by atoms with E-state index in [0.29, 0.717) is 19.3 Å². The normalized spacial score (nSPS) is 11.1. The van der Waals surface area contributed by atoms with Crippen LogP contribution in [-0.2, 0) is 14.9 Å². The Morgan fingerprint density at radius 3 is 2.42 bits per heavy atom. The Kier molecular flexibility index (Phi) is 4.77. The molecule has 0 aromatic heterocycles. The molecule has 70 valence electrons. The van der Waals surface area contributed by atoms with E-state index >= 15 is 0 Å². The molecular formula is C7H12O4S. The minimum atomic E-state index is -3.87. The molecule has 0 unspecified atom stereocenters. The Hall–Kier alpha value is -0.680. The van der Waals surface area contributed by atoms with Crippen molar-refractivity contribution in [3.8, 4) is 0 Å². The summed E-state index contributed by atoms with van der Waals surface area (Å²) in [6.07, 6.45) is 2.26. The fraction of sp³-hybridized carbons (Fsp3) is 0.571. The zero-order valence-electron chi connectivity index (χ0n) is 6.69. The second-order valence-electron chi connectivity index (χ2n) is 2.41. The summed E-state index contributed by atoms with van der Waals surface area (Å²) < 4.78 is 28.7. The van der Waals surface area contributed by atoms with Crippen molar-refractivity contribution in [2.45, 2.75) is 19.3 Å². The van der Waals surface area contributed by atoms with Crippen molar-refractivity contribution in [2.24, 2.45) is 0 Å². The van der Waals surface area contributed by atoms with Gasteiger partial charge in [-0.25, -0.2) is 0 Å². The van der Waals surface area contributed by atoms with Crippen LogP contribution in [0.2, 0.25) is 0 Å². The maximum absolute atomic E-state index is 10.6. The highest BCUT2D eigenvalue weighted by Gasteiger charge is 2.03. The fourth-order valence-corrected chi connectivity index (χ4v) is 1.25. The monoisotopic (exact) mass is 192 g/mol. The number of rotatable bonds is 6. The van der Waals surface area contributed by atoms with E-state index in [4.69, 9.17) is 4.55 Å². The van der Waals surface area contributed by atoms with Crippen molar-refractivity contribution >= 4 is 15.9 Å². The van der Waals surface area contributed by atoms with Crippen LogP contribution in [0.1, 0.15) is 19.3 Å². The first-order valence-electron chi connectivity index (χ1n) is 3.56. The number of hydrogen-bond acceptors (Lipinski definition) is 3. The first-order valence-corrected chi connectivity index (χ1v) is 5.17. The second kappa shape index (κ2) is 5.05. The van der Waals surface area contributed by atoms with Gasteiger partial charge >= 0.3 is 0 Å². The topological polar surface area (TPSA) is 71.4 Å². The Labute approximate surface area is 72.0 Å². The summed E-state index contributed by atoms with van der Waals surface area (Å²) in [5.41, 5.74) is 0. The molecule has 0 amide bonds. The molecule has 0 aliphatic heterocycles. The number of unbranched alkanes of at least 4 members (excludes halogenated alkanes) is 1. The quantitative estimate of drug-likeness (QED) is 0.384. The smallest absolute Gasteiger partial charge is 0.264 e. The zero-order chi connectivity index (χ0) is 9.61. The van der Waals surface area contributed by atoms with Crippen molar-refractivity contribution in [3.05, 3.63) is 12.7 Å². The van der Waals surface area contributed by atoms with Crippen molar-refractivity contribution in [1.82, 2.24) is 0 Å². The highest BCUT2D eigenvalue weighted by atomic mass is 32.2. The van der Waals surface area contributed by atoms with Gasteiger partial charge in [0.2, 0.25) is 0 Å². The van der Waals surface area contributed by atoms with Gasteiger partial charge in [0.1, 0.15) is 0 Å². The molecule has 4 nitrogen and oxygen atoms in total. The maximum atomic E-state index is 10.6. The first kappa shape index (κ1) is 11.3. The predicted molar refractivity (Wildman–Crippen MR) is 45.5 cm³/mol. The Morgan fingerprint density at radius 2 is 2.00 bits per heavy atom. The lowest BCUT2D eigenvalue weighted by atomic mass is 10.2. The third kappa shape index (κ3) is 7.43. The molecule has 0 saturated heterocycles. The van der Waals surface area contributed by atoms with Crippen LogP contribution in [0.4, 0.5) is 0 Å². The highest BCUT2D eigenvalue weighted by molar-refractivity contribution is 7.85. The van der Waals surface area contributed by atoms with E-state index < -0.39 is 10.1 Å². The van der Waals surface area contributed by atoms with Crippen LogP contribution in [0.15, 0.2) is 12.7 Å². The number of carbonyl (C=O) groups is 1. The molecule has 0 fully saturated rings. The Balaban J connectivity index is 3.47. The average molecular weight is 192 g/mol. The summed E-state index contributed by atoms with van der Waals surface area (Å²) in [4.78, 5) is 10.6. The molecule has 12 heavy (non-hydrogen) atoms. The first-order chi connectivity index (χ1) is 5.45. The lowest BCUT2D eigenvalue weighted by molar-refractivity contribution is -0.114. The van der Waals surface area contributed by atoms with Gasteiger partial charge in [0, 0.05) is 6.42 Å². The van der Waals surface area contributed by atoms with Gasteiger partial charge in [0.05, 0.1) is 5.75 Å². The number of hydrogen-bond donors (Lipinski definition) is 1. The molecule has 0 atom stereocenters. The number of carbonyl (C=O) groups excluding carboxylic acids is 1. The molecule has 0 bridgehead atoms. The molecule has 0 heterocycles. The standard InChI is InChI=1S/C7H12O4S/c1-2-7(8)5-3-4-6-12(9,10)11/h2H,1,3-6H2,(H,9,10,11). The van der Waals surface area contributed by atoms with Crippen molar-refractivity contribution < 1.29 is 17.8 Å². The van der Waals surface area contributed by atoms with Crippen LogP contribution in [0.5, 0.6) is 0 Å². The molecule has 0 aromatic carbocycles. The second-order valence-corrected chi connectivity index (χ2v) is 3.99. The lowest BCUT2D eigenvalue weighted by Gasteiger charge is -1.95. The van der Waals surface area contributed by atoms with Crippen LogP contribution in [-0.4, -0.2) is 24.5 Å². The summed E-state index contributed by atoms with van der Waals surface area (Å²) in [5, 5.41) is 0. The van der Waals surface area contributed by atoms with Crippen LogP contribution < -0.4 is 0 Å². The van der Waals surface area contributed by atoms with Crippen molar-refractivity contribution in [2.75, 3.05) is 5.75 Å².